The highest BCUT2D eigenvalue weighted by Crippen LogP contribution is 2.45. The maximum absolute atomic E-state index is 6.32. The molecule has 1 saturated heterocycles. The van der Waals surface area contributed by atoms with E-state index in [1.165, 1.54) is 6.33 Å². The van der Waals surface area contributed by atoms with E-state index >= 15 is 0 Å². The fourth-order valence-electron chi connectivity index (χ4n) is 3.28. The van der Waals surface area contributed by atoms with Gasteiger partial charge in [0.05, 0.1) is 6.04 Å². The van der Waals surface area contributed by atoms with E-state index < -0.39 is 0 Å². The van der Waals surface area contributed by atoms with Crippen LogP contribution in [0.1, 0.15) is 24.4 Å². The minimum absolute atomic E-state index is 0.137. The lowest BCUT2D eigenvalue weighted by Crippen LogP contribution is -2.26. The first kappa shape index (κ1) is 14.4. The maximum Gasteiger partial charge on any atom is 0.166 e. The molecule has 2 aliphatic rings. The van der Waals surface area contributed by atoms with E-state index in [-0.39, 0.29) is 6.04 Å². The molecule has 4 rings (SSSR count). The minimum Gasteiger partial charge on any atom is -0.486 e. The Morgan fingerprint density at radius 3 is 3.00 bits per heavy atom. The zero-order chi connectivity index (χ0) is 15.8. The molecule has 0 unspecified atom stereocenters. The second kappa shape index (κ2) is 5.77. The van der Waals surface area contributed by atoms with Crippen LogP contribution in [0.25, 0.3) is 0 Å². The van der Waals surface area contributed by atoms with Crippen molar-refractivity contribution in [2.45, 2.75) is 18.9 Å². The number of para-hydroxylation sites is 1. The third-order valence-electron chi connectivity index (χ3n) is 4.28. The van der Waals surface area contributed by atoms with Gasteiger partial charge in [-0.1, -0.05) is 23.7 Å². The van der Waals surface area contributed by atoms with E-state index in [0.717, 1.165) is 36.4 Å². The summed E-state index contributed by atoms with van der Waals surface area (Å²) in [6.45, 7) is 2.02. The molecular formula is C16H17ClN4O2. The molecular weight excluding hydrogens is 316 g/mol. The quantitative estimate of drug-likeness (QED) is 0.911. The molecule has 0 bridgehead atoms. The van der Waals surface area contributed by atoms with Crippen LogP contribution in [-0.4, -0.2) is 29.7 Å². The van der Waals surface area contributed by atoms with E-state index in [2.05, 4.69) is 20.9 Å². The van der Waals surface area contributed by atoms with Crippen molar-refractivity contribution in [3.05, 3.63) is 35.1 Å². The molecule has 1 atom stereocenters. The number of nitrogens with zero attached hydrogens (tertiary/aromatic N) is 3. The second-order valence-electron chi connectivity index (χ2n) is 5.62. The number of nitrogen functional groups attached to an aromatic ring is 1. The van der Waals surface area contributed by atoms with Crippen LogP contribution < -0.4 is 20.1 Å². The van der Waals surface area contributed by atoms with E-state index in [1.807, 2.05) is 12.1 Å². The Morgan fingerprint density at radius 1 is 1.22 bits per heavy atom. The number of rotatable bonds is 2. The first-order valence-electron chi connectivity index (χ1n) is 7.67. The first-order chi connectivity index (χ1) is 11.3. The summed E-state index contributed by atoms with van der Waals surface area (Å²) in [6, 6.07) is 6.15. The third-order valence-corrected chi connectivity index (χ3v) is 4.64. The fourth-order valence-corrected chi connectivity index (χ4v) is 3.48. The van der Waals surface area contributed by atoms with Gasteiger partial charge in [0.25, 0.3) is 0 Å². The Labute approximate surface area is 139 Å². The number of ether oxygens (including phenoxy) is 2. The lowest BCUT2D eigenvalue weighted by molar-refractivity contribution is 0.169. The summed E-state index contributed by atoms with van der Waals surface area (Å²) >= 11 is 6.32. The molecule has 2 N–H and O–H groups in total. The molecule has 0 spiro atoms. The van der Waals surface area contributed by atoms with Crippen LogP contribution in [0, 0.1) is 0 Å². The Morgan fingerprint density at radius 2 is 2.09 bits per heavy atom. The zero-order valence-electron chi connectivity index (χ0n) is 12.5. The van der Waals surface area contributed by atoms with Crippen LogP contribution in [0.2, 0.25) is 5.02 Å². The van der Waals surface area contributed by atoms with E-state index in [9.17, 15) is 0 Å². The zero-order valence-corrected chi connectivity index (χ0v) is 13.3. The van der Waals surface area contributed by atoms with Crippen LogP contribution in [0.4, 0.5) is 11.6 Å². The average molecular weight is 333 g/mol. The van der Waals surface area contributed by atoms with Crippen LogP contribution in [0.3, 0.4) is 0 Å². The number of hydrogen-bond donors (Lipinski definition) is 1. The predicted octanol–water partition coefficient (Wildman–Crippen LogP) is 2.82. The number of benzene rings is 1. The molecule has 120 valence electrons. The Balaban J connectivity index is 1.75. The molecule has 2 aromatic rings. The molecule has 1 fully saturated rings. The van der Waals surface area contributed by atoms with Crippen molar-refractivity contribution in [3.63, 3.8) is 0 Å². The molecule has 23 heavy (non-hydrogen) atoms. The second-order valence-corrected chi connectivity index (χ2v) is 6.00. The highest BCUT2D eigenvalue weighted by atomic mass is 35.5. The maximum atomic E-state index is 6.32. The Hall–Kier alpha value is -2.21. The van der Waals surface area contributed by atoms with Crippen molar-refractivity contribution >= 4 is 23.2 Å². The van der Waals surface area contributed by atoms with Crippen molar-refractivity contribution < 1.29 is 9.47 Å². The Bertz CT molecular complexity index is 740. The van der Waals surface area contributed by atoms with Gasteiger partial charge in [0.15, 0.2) is 17.3 Å². The number of fused-ring (bicyclic) bond motifs is 1. The van der Waals surface area contributed by atoms with Gasteiger partial charge in [-0.25, -0.2) is 9.97 Å². The topological polar surface area (TPSA) is 73.5 Å². The van der Waals surface area contributed by atoms with E-state index in [1.54, 1.807) is 0 Å². The van der Waals surface area contributed by atoms with Gasteiger partial charge in [-0.15, -0.1) is 0 Å². The number of nitrogens with two attached hydrogens (primary N) is 1. The lowest BCUT2D eigenvalue weighted by atomic mass is 10.0. The van der Waals surface area contributed by atoms with Gasteiger partial charge in [0.2, 0.25) is 0 Å². The summed E-state index contributed by atoms with van der Waals surface area (Å²) in [7, 11) is 0. The highest BCUT2D eigenvalue weighted by molar-refractivity contribution is 6.35. The summed E-state index contributed by atoms with van der Waals surface area (Å²) < 4.78 is 11.6. The summed E-state index contributed by atoms with van der Waals surface area (Å²) in [4.78, 5) is 10.5. The average Bonchev–Trinajstić information content (AvgIpc) is 3.06. The summed E-state index contributed by atoms with van der Waals surface area (Å²) in [5.41, 5.74) is 6.93. The monoisotopic (exact) mass is 332 g/mol. The van der Waals surface area contributed by atoms with Crippen LogP contribution >= 0.6 is 11.6 Å². The Kier molecular flexibility index (Phi) is 3.61. The van der Waals surface area contributed by atoms with Gasteiger partial charge in [0.1, 0.15) is 30.4 Å². The minimum atomic E-state index is 0.137. The number of aromatic nitrogens is 2. The largest absolute Gasteiger partial charge is 0.486 e. The molecule has 0 aliphatic carbocycles. The van der Waals surface area contributed by atoms with Crippen molar-refractivity contribution in [1.82, 2.24) is 9.97 Å². The van der Waals surface area contributed by atoms with Crippen molar-refractivity contribution in [3.8, 4) is 11.5 Å². The van der Waals surface area contributed by atoms with E-state index in [0.29, 0.717) is 29.9 Å². The van der Waals surface area contributed by atoms with Crippen molar-refractivity contribution in [2.24, 2.45) is 0 Å². The van der Waals surface area contributed by atoms with Crippen LogP contribution in [0.15, 0.2) is 24.5 Å². The van der Waals surface area contributed by atoms with Gasteiger partial charge < -0.3 is 20.1 Å². The molecule has 1 aromatic heterocycles. The first-order valence-corrected chi connectivity index (χ1v) is 8.04. The molecule has 6 nitrogen and oxygen atoms in total. The van der Waals surface area contributed by atoms with Crippen molar-refractivity contribution in [1.29, 1.82) is 0 Å². The smallest absolute Gasteiger partial charge is 0.166 e. The third kappa shape index (κ3) is 2.43. The van der Waals surface area contributed by atoms with Crippen LogP contribution in [0.5, 0.6) is 11.5 Å². The number of anilines is 2. The van der Waals surface area contributed by atoms with Gasteiger partial charge in [-0.3, -0.25) is 0 Å². The fraction of sp³-hybridized carbons (Fsp3) is 0.375. The highest BCUT2D eigenvalue weighted by Gasteiger charge is 2.32. The molecule has 7 heteroatoms. The van der Waals surface area contributed by atoms with Gasteiger partial charge >= 0.3 is 0 Å². The number of halogens is 1. The number of hydrogen-bond acceptors (Lipinski definition) is 6. The molecule has 0 amide bonds. The summed E-state index contributed by atoms with van der Waals surface area (Å²) in [6.07, 6.45) is 3.50. The normalized spacial score (nSPS) is 19.9. The molecule has 0 radical (unpaired) electrons. The lowest BCUT2D eigenvalue weighted by Gasteiger charge is -2.30. The molecule has 1 aromatic carbocycles. The van der Waals surface area contributed by atoms with Crippen molar-refractivity contribution in [2.75, 3.05) is 30.4 Å². The van der Waals surface area contributed by atoms with Gasteiger partial charge in [-0.05, 0) is 18.9 Å². The predicted molar refractivity (Wildman–Crippen MR) is 88.2 cm³/mol. The SMILES string of the molecule is Nc1ncnc(N2CCC[C@@H]2c2cccc3c2OCCO3)c1Cl. The van der Waals surface area contributed by atoms with E-state index in [4.69, 9.17) is 26.8 Å². The van der Waals surface area contributed by atoms with Gasteiger partial charge in [0, 0.05) is 12.1 Å². The standard InChI is InChI=1S/C16H17ClN4O2/c17-13-15(18)19-9-20-16(13)21-6-2-4-11(21)10-3-1-5-12-14(10)23-8-7-22-12/h1,3,5,9,11H,2,4,6-8H2,(H2,18,19,20)/t11-/m1/s1. The molecule has 3 heterocycles. The summed E-state index contributed by atoms with van der Waals surface area (Å²) in [5.74, 6) is 2.61. The molecule has 2 aliphatic heterocycles. The molecule has 0 saturated carbocycles. The summed E-state index contributed by atoms with van der Waals surface area (Å²) in [5, 5.41) is 0.404. The van der Waals surface area contributed by atoms with Crippen LogP contribution in [-0.2, 0) is 0 Å². The van der Waals surface area contributed by atoms with Gasteiger partial charge in [-0.2, -0.15) is 0 Å².